The molecule has 0 aliphatic heterocycles. The van der Waals surface area contributed by atoms with Crippen LogP contribution in [-0.4, -0.2) is 10.8 Å². The summed E-state index contributed by atoms with van der Waals surface area (Å²) in [7, 11) is 0. The summed E-state index contributed by atoms with van der Waals surface area (Å²) in [5.74, 6) is 0. The number of hydrogen-bond acceptors (Lipinski definition) is 2. The highest BCUT2D eigenvalue weighted by molar-refractivity contribution is 6.33. The number of para-hydroxylation sites is 1. The Kier molecular flexibility index (Phi) is 4.93. The van der Waals surface area contributed by atoms with E-state index in [1.54, 1.807) is 6.21 Å². The Morgan fingerprint density at radius 3 is 2.42 bits per heavy atom. The van der Waals surface area contributed by atoms with E-state index in [9.17, 15) is 0 Å². The lowest BCUT2D eigenvalue weighted by atomic mass is 10.2. The van der Waals surface area contributed by atoms with E-state index < -0.39 is 0 Å². The van der Waals surface area contributed by atoms with Gasteiger partial charge >= 0.3 is 0 Å². The number of halogens is 2. The lowest BCUT2D eigenvalue weighted by Gasteiger charge is -2.09. The molecule has 3 nitrogen and oxygen atoms in total. The molecule has 5 heteroatoms. The zero-order valence-corrected chi connectivity index (χ0v) is 14.9. The van der Waals surface area contributed by atoms with Gasteiger partial charge in [0, 0.05) is 27.7 Å². The van der Waals surface area contributed by atoms with Gasteiger partial charge in [-0.25, -0.2) is 0 Å². The highest BCUT2D eigenvalue weighted by Crippen LogP contribution is 2.22. The molecule has 3 aromatic rings. The molecular formula is C19H17Cl2N3. The fourth-order valence-corrected chi connectivity index (χ4v) is 2.93. The van der Waals surface area contributed by atoms with Crippen LogP contribution < -0.4 is 5.43 Å². The third-order valence-electron chi connectivity index (χ3n) is 3.82. The SMILES string of the molecule is Cc1cc(C=NNc2ccccc2Cl)c(C)n1-c1ccc(Cl)cc1. The van der Waals surface area contributed by atoms with Crippen LogP contribution >= 0.6 is 23.2 Å². The van der Waals surface area contributed by atoms with E-state index >= 15 is 0 Å². The molecular weight excluding hydrogens is 341 g/mol. The zero-order valence-electron chi connectivity index (χ0n) is 13.4. The van der Waals surface area contributed by atoms with Crippen molar-refractivity contribution in [2.75, 3.05) is 5.43 Å². The van der Waals surface area contributed by atoms with Crippen molar-refractivity contribution in [1.29, 1.82) is 0 Å². The van der Waals surface area contributed by atoms with E-state index in [2.05, 4.69) is 35.0 Å². The molecule has 0 aliphatic carbocycles. The molecule has 2 aromatic carbocycles. The molecule has 0 saturated heterocycles. The third kappa shape index (κ3) is 3.48. The molecule has 1 aromatic heterocycles. The van der Waals surface area contributed by atoms with Crippen molar-refractivity contribution in [2.24, 2.45) is 5.10 Å². The average Bonchev–Trinajstić information content (AvgIpc) is 2.84. The number of benzene rings is 2. The number of rotatable bonds is 4. The van der Waals surface area contributed by atoms with Gasteiger partial charge in [0.1, 0.15) is 0 Å². The van der Waals surface area contributed by atoms with Crippen molar-refractivity contribution in [1.82, 2.24) is 4.57 Å². The summed E-state index contributed by atoms with van der Waals surface area (Å²) in [5.41, 5.74) is 8.12. The third-order valence-corrected chi connectivity index (χ3v) is 4.40. The quantitative estimate of drug-likeness (QED) is 0.460. The van der Waals surface area contributed by atoms with Crippen LogP contribution in [0.4, 0.5) is 5.69 Å². The second-order valence-electron chi connectivity index (χ2n) is 5.49. The highest BCUT2D eigenvalue weighted by Gasteiger charge is 2.09. The fraction of sp³-hybridized carbons (Fsp3) is 0.105. The first kappa shape index (κ1) is 16.6. The molecule has 24 heavy (non-hydrogen) atoms. The van der Waals surface area contributed by atoms with Crippen LogP contribution in [0.25, 0.3) is 5.69 Å². The zero-order chi connectivity index (χ0) is 17.1. The van der Waals surface area contributed by atoms with Crippen LogP contribution in [0.2, 0.25) is 10.0 Å². The molecule has 3 rings (SSSR count). The Balaban J connectivity index is 1.85. The highest BCUT2D eigenvalue weighted by atomic mass is 35.5. The van der Waals surface area contributed by atoms with Gasteiger partial charge < -0.3 is 4.57 Å². The molecule has 122 valence electrons. The lowest BCUT2D eigenvalue weighted by molar-refractivity contribution is 0.965. The maximum atomic E-state index is 6.11. The fourth-order valence-electron chi connectivity index (χ4n) is 2.63. The minimum absolute atomic E-state index is 0.640. The second-order valence-corrected chi connectivity index (χ2v) is 6.33. The Morgan fingerprint density at radius 2 is 1.71 bits per heavy atom. The summed E-state index contributed by atoms with van der Waals surface area (Å²) in [4.78, 5) is 0. The van der Waals surface area contributed by atoms with E-state index in [0.29, 0.717) is 5.02 Å². The Morgan fingerprint density at radius 1 is 1.00 bits per heavy atom. The summed E-state index contributed by atoms with van der Waals surface area (Å²) < 4.78 is 2.17. The number of anilines is 1. The van der Waals surface area contributed by atoms with Crippen LogP contribution in [0.5, 0.6) is 0 Å². The molecule has 0 spiro atoms. The standard InChI is InChI=1S/C19H17Cl2N3/c1-13-11-15(12-22-23-19-6-4-3-5-18(19)21)14(2)24(13)17-9-7-16(20)8-10-17/h3-12,23H,1-2H3. The van der Waals surface area contributed by atoms with E-state index in [-0.39, 0.29) is 0 Å². The van der Waals surface area contributed by atoms with E-state index in [0.717, 1.165) is 33.3 Å². The van der Waals surface area contributed by atoms with Crippen molar-refractivity contribution in [2.45, 2.75) is 13.8 Å². The second kappa shape index (κ2) is 7.12. The monoisotopic (exact) mass is 357 g/mol. The minimum Gasteiger partial charge on any atom is -0.318 e. The predicted octanol–water partition coefficient (Wildman–Crippen LogP) is 5.85. The maximum Gasteiger partial charge on any atom is 0.0748 e. The molecule has 0 saturated carbocycles. The molecule has 1 heterocycles. The molecule has 0 amide bonds. The van der Waals surface area contributed by atoms with E-state index in [1.807, 2.05) is 48.5 Å². The van der Waals surface area contributed by atoms with Gasteiger partial charge in [-0.15, -0.1) is 0 Å². The van der Waals surface area contributed by atoms with Gasteiger partial charge in [-0.3, -0.25) is 5.43 Å². The Bertz CT molecular complexity index is 880. The van der Waals surface area contributed by atoms with E-state index in [4.69, 9.17) is 23.2 Å². The number of hydrogen-bond donors (Lipinski definition) is 1. The Labute approximate surface area is 151 Å². The van der Waals surface area contributed by atoms with Crippen LogP contribution in [-0.2, 0) is 0 Å². The lowest BCUT2D eigenvalue weighted by Crippen LogP contribution is -1.99. The molecule has 0 bridgehead atoms. The Hall–Kier alpha value is -2.23. The maximum absolute atomic E-state index is 6.11. The normalized spacial score (nSPS) is 11.2. The number of aryl methyl sites for hydroxylation is 1. The van der Waals surface area contributed by atoms with Gasteiger partial charge in [0.05, 0.1) is 16.9 Å². The smallest absolute Gasteiger partial charge is 0.0748 e. The van der Waals surface area contributed by atoms with Crippen LogP contribution in [0.3, 0.4) is 0 Å². The van der Waals surface area contributed by atoms with Crippen LogP contribution in [0, 0.1) is 13.8 Å². The molecule has 0 unspecified atom stereocenters. The van der Waals surface area contributed by atoms with Crippen molar-refractivity contribution >= 4 is 35.1 Å². The van der Waals surface area contributed by atoms with Gasteiger partial charge in [-0.05, 0) is 56.3 Å². The number of aromatic nitrogens is 1. The topological polar surface area (TPSA) is 29.3 Å². The van der Waals surface area contributed by atoms with Gasteiger partial charge in [0.2, 0.25) is 0 Å². The van der Waals surface area contributed by atoms with Crippen molar-refractivity contribution in [3.63, 3.8) is 0 Å². The molecule has 0 aliphatic rings. The summed E-state index contributed by atoms with van der Waals surface area (Å²) in [5, 5.41) is 5.67. The van der Waals surface area contributed by atoms with Crippen molar-refractivity contribution < 1.29 is 0 Å². The van der Waals surface area contributed by atoms with Gasteiger partial charge in [-0.2, -0.15) is 5.10 Å². The van der Waals surface area contributed by atoms with Crippen molar-refractivity contribution in [3.05, 3.63) is 81.6 Å². The number of nitrogens with one attached hydrogen (secondary N) is 1. The number of hydrazone groups is 1. The summed E-state index contributed by atoms with van der Waals surface area (Å²) in [6.07, 6.45) is 1.80. The summed E-state index contributed by atoms with van der Waals surface area (Å²) >= 11 is 12.1. The molecule has 0 radical (unpaired) electrons. The predicted molar refractivity (Wildman–Crippen MR) is 103 cm³/mol. The molecule has 0 fully saturated rings. The largest absolute Gasteiger partial charge is 0.318 e. The van der Waals surface area contributed by atoms with Gasteiger partial charge in [-0.1, -0.05) is 35.3 Å². The first-order valence-electron chi connectivity index (χ1n) is 7.55. The van der Waals surface area contributed by atoms with Crippen LogP contribution in [0.15, 0.2) is 59.7 Å². The first-order chi connectivity index (χ1) is 11.6. The van der Waals surface area contributed by atoms with Gasteiger partial charge in [0.25, 0.3) is 0 Å². The first-order valence-corrected chi connectivity index (χ1v) is 8.30. The summed E-state index contributed by atoms with van der Waals surface area (Å²) in [6, 6.07) is 17.4. The number of nitrogens with zero attached hydrogens (tertiary/aromatic N) is 2. The van der Waals surface area contributed by atoms with Crippen molar-refractivity contribution in [3.8, 4) is 5.69 Å². The average molecular weight is 358 g/mol. The minimum atomic E-state index is 0.640. The molecule has 1 N–H and O–H groups in total. The molecule has 0 atom stereocenters. The van der Waals surface area contributed by atoms with Crippen LogP contribution in [0.1, 0.15) is 17.0 Å². The summed E-state index contributed by atoms with van der Waals surface area (Å²) in [6.45, 7) is 4.14. The van der Waals surface area contributed by atoms with Gasteiger partial charge in [0.15, 0.2) is 0 Å². The van der Waals surface area contributed by atoms with E-state index in [1.165, 1.54) is 0 Å².